The molecule has 102 valence electrons. The maximum atomic E-state index is 11.7. The van der Waals surface area contributed by atoms with E-state index in [0.29, 0.717) is 12.5 Å². The summed E-state index contributed by atoms with van der Waals surface area (Å²) in [7, 11) is 0. The minimum absolute atomic E-state index is 0.00857. The lowest BCUT2D eigenvalue weighted by Crippen LogP contribution is -2.28. The van der Waals surface area contributed by atoms with Crippen molar-refractivity contribution in [3.63, 3.8) is 0 Å². The van der Waals surface area contributed by atoms with Crippen LogP contribution in [0.1, 0.15) is 49.5 Å². The maximum Gasteiger partial charge on any atom is 0.220 e. The van der Waals surface area contributed by atoms with Gasteiger partial charge in [-0.2, -0.15) is 0 Å². The van der Waals surface area contributed by atoms with Crippen LogP contribution in [0.2, 0.25) is 0 Å². The van der Waals surface area contributed by atoms with E-state index in [1.54, 1.807) is 11.3 Å². The Morgan fingerprint density at radius 1 is 1.44 bits per heavy atom. The quantitative estimate of drug-likeness (QED) is 0.747. The van der Waals surface area contributed by atoms with E-state index in [4.69, 9.17) is 0 Å². The molecule has 0 saturated carbocycles. The number of hydrogen-bond donors (Lipinski definition) is 2. The smallest absolute Gasteiger partial charge is 0.220 e. The van der Waals surface area contributed by atoms with Gasteiger partial charge < -0.3 is 10.6 Å². The average molecular weight is 269 g/mol. The summed E-state index contributed by atoms with van der Waals surface area (Å²) in [6.45, 7) is 9.09. The average Bonchev–Trinajstić information content (AvgIpc) is 2.71. The van der Waals surface area contributed by atoms with Gasteiger partial charge in [0, 0.05) is 23.5 Å². The molecule has 0 spiro atoms. The molecule has 1 aromatic rings. The third kappa shape index (κ3) is 5.60. The third-order valence-electron chi connectivity index (χ3n) is 2.52. The van der Waals surface area contributed by atoms with Crippen LogP contribution in [0.25, 0.3) is 0 Å². The molecule has 0 saturated heterocycles. The van der Waals surface area contributed by atoms with Crippen LogP contribution in [0.3, 0.4) is 0 Å². The molecule has 0 fully saturated rings. The highest BCUT2D eigenvalue weighted by molar-refractivity contribution is 7.11. The Kier molecular flexibility index (Phi) is 6.29. The molecule has 5 heteroatoms. The van der Waals surface area contributed by atoms with E-state index >= 15 is 0 Å². The number of carbonyl (C=O) groups excluding carboxylic acids is 1. The van der Waals surface area contributed by atoms with E-state index in [9.17, 15) is 4.79 Å². The van der Waals surface area contributed by atoms with Gasteiger partial charge in [0.05, 0.1) is 6.04 Å². The number of amides is 1. The van der Waals surface area contributed by atoms with Crippen LogP contribution in [0.15, 0.2) is 6.20 Å². The fourth-order valence-corrected chi connectivity index (χ4v) is 2.36. The number of rotatable bonds is 7. The number of aromatic nitrogens is 1. The van der Waals surface area contributed by atoms with Crippen LogP contribution in [0.5, 0.6) is 0 Å². The zero-order chi connectivity index (χ0) is 13.5. The van der Waals surface area contributed by atoms with Crippen LogP contribution < -0.4 is 10.6 Å². The molecule has 18 heavy (non-hydrogen) atoms. The molecule has 1 amide bonds. The number of nitrogens with zero attached hydrogens (tertiary/aromatic N) is 1. The summed E-state index contributed by atoms with van der Waals surface area (Å²) in [5.41, 5.74) is 0. The van der Waals surface area contributed by atoms with E-state index in [1.807, 2.05) is 20.0 Å². The molecule has 2 N–H and O–H groups in total. The molecular weight excluding hydrogens is 246 g/mol. The van der Waals surface area contributed by atoms with E-state index < -0.39 is 0 Å². The monoisotopic (exact) mass is 269 g/mol. The molecule has 1 atom stereocenters. The molecule has 4 nitrogen and oxygen atoms in total. The van der Waals surface area contributed by atoms with Gasteiger partial charge in [-0.1, -0.05) is 13.8 Å². The molecule has 0 aliphatic rings. The number of hydrogen-bond acceptors (Lipinski definition) is 4. The van der Waals surface area contributed by atoms with Gasteiger partial charge in [0.1, 0.15) is 5.01 Å². The second kappa shape index (κ2) is 7.48. The minimum Gasteiger partial charge on any atom is -0.347 e. The van der Waals surface area contributed by atoms with Crippen molar-refractivity contribution in [2.45, 2.75) is 52.6 Å². The normalized spacial score (nSPS) is 12.7. The molecule has 0 aliphatic carbocycles. The largest absolute Gasteiger partial charge is 0.347 e. The van der Waals surface area contributed by atoms with E-state index in [-0.39, 0.29) is 11.9 Å². The van der Waals surface area contributed by atoms with Gasteiger partial charge in [0.2, 0.25) is 5.91 Å². The van der Waals surface area contributed by atoms with Gasteiger partial charge in [0.25, 0.3) is 0 Å². The predicted octanol–water partition coefficient (Wildman–Crippen LogP) is 2.41. The highest BCUT2D eigenvalue weighted by Crippen LogP contribution is 2.18. The summed E-state index contributed by atoms with van der Waals surface area (Å²) in [6.07, 6.45) is 3.28. The van der Waals surface area contributed by atoms with Crippen molar-refractivity contribution in [1.82, 2.24) is 15.6 Å². The molecular formula is C13H23N3OS. The molecule has 0 aliphatic heterocycles. The molecule has 1 aromatic heterocycles. The summed E-state index contributed by atoms with van der Waals surface area (Å²) in [6, 6.07) is 0.486. The topological polar surface area (TPSA) is 54.0 Å². The maximum absolute atomic E-state index is 11.7. The van der Waals surface area contributed by atoms with Gasteiger partial charge in [-0.05, 0) is 26.8 Å². The lowest BCUT2D eigenvalue weighted by atomic mass is 10.2. The standard InChI is InChI=1S/C13H23N3OS/c1-9(2)14-7-5-6-12(17)16-11(4)13-15-8-10(3)18-13/h8-9,11,14H,5-7H2,1-4H3,(H,16,17). The first-order valence-corrected chi connectivity index (χ1v) is 7.25. The van der Waals surface area contributed by atoms with E-state index in [2.05, 4.69) is 29.5 Å². The van der Waals surface area contributed by atoms with Crippen molar-refractivity contribution in [3.05, 3.63) is 16.1 Å². The van der Waals surface area contributed by atoms with Crippen molar-refractivity contribution >= 4 is 17.2 Å². The van der Waals surface area contributed by atoms with Gasteiger partial charge in [-0.25, -0.2) is 4.98 Å². The fourth-order valence-electron chi connectivity index (χ4n) is 1.59. The van der Waals surface area contributed by atoms with Crippen LogP contribution in [0, 0.1) is 6.92 Å². The first kappa shape index (κ1) is 15.1. The Bertz CT molecular complexity index is 376. The second-order valence-electron chi connectivity index (χ2n) is 4.81. The summed E-state index contributed by atoms with van der Waals surface area (Å²) in [5.74, 6) is 0.0981. The van der Waals surface area contributed by atoms with Crippen molar-refractivity contribution in [1.29, 1.82) is 0 Å². The Labute approximate surface area is 113 Å². The first-order chi connectivity index (χ1) is 8.49. The second-order valence-corrected chi connectivity index (χ2v) is 6.08. The SMILES string of the molecule is Cc1cnc(C(C)NC(=O)CCCNC(C)C)s1. The van der Waals surface area contributed by atoms with E-state index in [0.717, 1.165) is 18.0 Å². The third-order valence-corrected chi connectivity index (χ3v) is 3.62. The summed E-state index contributed by atoms with van der Waals surface area (Å²) >= 11 is 1.63. The first-order valence-electron chi connectivity index (χ1n) is 6.44. The Balaban J connectivity index is 2.23. The van der Waals surface area contributed by atoms with Crippen molar-refractivity contribution < 1.29 is 4.79 Å². The highest BCUT2D eigenvalue weighted by Gasteiger charge is 2.12. The molecule has 1 unspecified atom stereocenters. The van der Waals surface area contributed by atoms with Gasteiger partial charge in [-0.3, -0.25) is 4.79 Å². The summed E-state index contributed by atoms with van der Waals surface area (Å²) in [4.78, 5) is 17.2. The van der Waals surface area contributed by atoms with Gasteiger partial charge in [0.15, 0.2) is 0 Å². The zero-order valence-electron chi connectivity index (χ0n) is 11.6. The summed E-state index contributed by atoms with van der Waals surface area (Å²) in [5, 5.41) is 7.25. The number of carbonyl (C=O) groups is 1. The zero-order valence-corrected chi connectivity index (χ0v) is 12.4. The van der Waals surface area contributed by atoms with Crippen molar-refractivity contribution in [2.75, 3.05) is 6.54 Å². The molecule has 1 heterocycles. The lowest BCUT2D eigenvalue weighted by molar-refractivity contribution is -0.121. The lowest BCUT2D eigenvalue weighted by Gasteiger charge is -2.12. The number of nitrogens with one attached hydrogen (secondary N) is 2. The van der Waals surface area contributed by atoms with Crippen LogP contribution in [-0.2, 0) is 4.79 Å². The Hall–Kier alpha value is -0.940. The Morgan fingerprint density at radius 2 is 2.17 bits per heavy atom. The molecule has 0 radical (unpaired) electrons. The van der Waals surface area contributed by atoms with Gasteiger partial charge >= 0.3 is 0 Å². The molecule has 1 rings (SSSR count). The van der Waals surface area contributed by atoms with Gasteiger partial charge in [-0.15, -0.1) is 11.3 Å². The van der Waals surface area contributed by atoms with Crippen LogP contribution >= 0.6 is 11.3 Å². The summed E-state index contributed by atoms with van der Waals surface area (Å²) < 4.78 is 0. The highest BCUT2D eigenvalue weighted by atomic mass is 32.1. The molecule has 0 bridgehead atoms. The predicted molar refractivity (Wildman–Crippen MR) is 75.8 cm³/mol. The minimum atomic E-state index is 0.00857. The van der Waals surface area contributed by atoms with Crippen LogP contribution in [-0.4, -0.2) is 23.5 Å². The van der Waals surface area contributed by atoms with Crippen molar-refractivity contribution in [3.8, 4) is 0 Å². The van der Waals surface area contributed by atoms with E-state index in [1.165, 1.54) is 4.88 Å². The number of aryl methyl sites for hydroxylation is 1. The molecule has 0 aromatic carbocycles. The fraction of sp³-hybridized carbons (Fsp3) is 0.692. The van der Waals surface area contributed by atoms with Crippen LogP contribution in [0.4, 0.5) is 0 Å². The number of thiazole rings is 1. The Morgan fingerprint density at radius 3 is 2.72 bits per heavy atom. The van der Waals surface area contributed by atoms with Crippen molar-refractivity contribution in [2.24, 2.45) is 0 Å².